The van der Waals surface area contributed by atoms with Gasteiger partial charge in [0.1, 0.15) is 0 Å². The lowest BCUT2D eigenvalue weighted by atomic mass is 10.1. The highest BCUT2D eigenvalue weighted by Crippen LogP contribution is 2.07. The molecule has 1 rings (SSSR count). The van der Waals surface area contributed by atoms with Crippen molar-refractivity contribution in [3.8, 4) is 0 Å². The number of carbonyl (C=O) groups is 1. The van der Waals surface area contributed by atoms with Crippen LogP contribution in [-0.2, 0) is 11.3 Å². The van der Waals surface area contributed by atoms with E-state index < -0.39 is 5.97 Å². The zero-order chi connectivity index (χ0) is 15.8. The fourth-order valence-corrected chi connectivity index (χ4v) is 1.86. The van der Waals surface area contributed by atoms with E-state index >= 15 is 0 Å². The first-order valence-corrected chi connectivity index (χ1v) is 7.02. The number of allylic oxidation sites excluding steroid dienone is 4. The van der Waals surface area contributed by atoms with Gasteiger partial charge in [0.25, 0.3) is 5.56 Å². The zero-order valence-electron chi connectivity index (χ0n) is 13.2. The van der Waals surface area contributed by atoms with Crippen LogP contribution < -0.4 is 5.56 Å². The highest BCUT2D eigenvalue weighted by Gasteiger charge is 2.06. The molecule has 0 amide bonds. The summed E-state index contributed by atoms with van der Waals surface area (Å²) in [5.74, 6) is -0.437. The van der Waals surface area contributed by atoms with Crippen LogP contribution in [0.5, 0.6) is 0 Å². The second kappa shape index (κ2) is 8.25. The molecule has 0 aliphatic rings. The molecule has 0 aromatic carbocycles. The van der Waals surface area contributed by atoms with Crippen LogP contribution in [0.1, 0.15) is 44.0 Å². The number of methoxy groups -OCH3 is 1. The molecule has 0 bridgehead atoms. The van der Waals surface area contributed by atoms with Gasteiger partial charge in [0.05, 0.1) is 12.7 Å². The first-order valence-electron chi connectivity index (χ1n) is 7.02. The molecule has 0 unspecified atom stereocenters. The molecule has 0 aliphatic carbocycles. The van der Waals surface area contributed by atoms with Gasteiger partial charge in [-0.15, -0.1) is 0 Å². The Balaban J connectivity index is 2.76. The SMILES string of the molecule is COC(=O)c1ccc(=O)n(C/C=C(\C)CCC=C(C)C)c1. The molecule has 1 aromatic heterocycles. The van der Waals surface area contributed by atoms with Crippen LogP contribution in [-0.4, -0.2) is 17.6 Å². The van der Waals surface area contributed by atoms with Gasteiger partial charge in [-0.2, -0.15) is 0 Å². The molecular weight excluding hydrogens is 266 g/mol. The van der Waals surface area contributed by atoms with Crippen LogP contribution in [0.2, 0.25) is 0 Å². The quantitative estimate of drug-likeness (QED) is 0.596. The topological polar surface area (TPSA) is 48.3 Å². The fraction of sp³-hybridized carbons (Fsp3) is 0.412. The molecule has 21 heavy (non-hydrogen) atoms. The largest absolute Gasteiger partial charge is 0.465 e. The van der Waals surface area contributed by atoms with Crippen LogP contribution in [0.3, 0.4) is 0 Å². The van der Waals surface area contributed by atoms with Gasteiger partial charge in [0.15, 0.2) is 0 Å². The van der Waals surface area contributed by atoms with Crippen molar-refractivity contribution in [2.24, 2.45) is 0 Å². The molecule has 0 saturated heterocycles. The molecule has 1 aromatic rings. The van der Waals surface area contributed by atoms with Gasteiger partial charge in [0.2, 0.25) is 0 Å². The third-order valence-corrected chi connectivity index (χ3v) is 3.13. The summed E-state index contributed by atoms with van der Waals surface area (Å²) in [6, 6.07) is 2.87. The molecule has 0 fully saturated rings. The summed E-state index contributed by atoms with van der Waals surface area (Å²) in [6.07, 6.45) is 7.72. The molecule has 0 saturated carbocycles. The van der Waals surface area contributed by atoms with Crippen molar-refractivity contribution >= 4 is 5.97 Å². The highest BCUT2D eigenvalue weighted by molar-refractivity contribution is 5.88. The van der Waals surface area contributed by atoms with Crippen molar-refractivity contribution in [1.29, 1.82) is 0 Å². The standard InChI is InChI=1S/C17H23NO3/c1-13(2)6-5-7-14(3)10-11-18-12-15(17(20)21-4)8-9-16(18)19/h6,8-10,12H,5,7,11H2,1-4H3/b14-10+. The van der Waals surface area contributed by atoms with Crippen molar-refractivity contribution in [2.45, 2.75) is 40.2 Å². The number of hydrogen-bond donors (Lipinski definition) is 0. The normalized spacial score (nSPS) is 11.1. The lowest BCUT2D eigenvalue weighted by molar-refractivity contribution is 0.0599. The van der Waals surface area contributed by atoms with E-state index in [0.717, 1.165) is 12.8 Å². The summed E-state index contributed by atoms with van der Waals surface area (Å²) in [6.45, 7) is 6.67. The molecule has 0 aliphatic heterocycles. The molecule has 0 atom stereocenters. The van der Waals surface area contributed by atoms with E-state index in [1.54, 1.807) is 0 Å². The predicted molar refractivity (Wildman–Crippen MR) is 84.5 cm³/mol. The molecule has 4 heteroatoms. The molecule has 0 spiro atoms. The van der Waals surface area contributed by atoms with E-state index in [9.17, 15) is 9.59 Å². The summed E-state index contributed by atoms with van der Waals surface area (Å²) >= 11 is 0. The van der Waals surface area contributed by atoms with Crippen molar-refractivity contribution in [3.63, 3.8) is 0 Å². The number of hydrogen-bond acceptors (Lipinski definition) is 3. The predicted octanol–water partition coefficient (Wildman–Crippen LogP) is 3.33. The Hall–Kier alpha value is -2.10. The third-order valence-electron chi connectivity index (χ3n) is 3.13. The van der Waals surface area contributed by atoms with Gasteiger partial charge >= 0.3 is 5.97 Å². The van der Waals surface area contributed by atoms with E-state index in [1.807, 2.05) is 13.0 Å². The smallest absolute Gasteiger partial charge is 0.339 e. The van der Waals surface area contributed by atoms with Crippen molar-refractivity contribution in [1.82, 2.24) is 4.57 Å². The van der Waals surface area contributed by atoms with Crippen molar-refractivity contribution in [3.05, 3.63) is 57.5 Å². The number of rotatable bonds is 6. The van der Waals surface area contributed by atoms with Crippen molar-refractivity contribution < 1.29 is 9.53 Å². The van der Waals surface area contributed by atoms with Gasteiger partial charge in [-0.3, -0.25) is 4.79 Å². The second-order valence-electron chi connectivity index (χ2n) is 5.27. The monoisotopic (exact) mass is 289 g/mol. The lowest BCUT2D eigenvalue weighted by Crippen LogP contribution is -2.20. The van der Waals surface area contributed by atoms with Gasteiger partial charge in [0, 0.05) is 18.8 Å². The Morgan fingerprint density at radius 3 is 2.57 bits per heavy atom. The Kier molecular flexibility index (Phi) is 6.66. The van der Waals surface area contributed by atoms with Gasteiger partial charge in [-0.05, 0) is 39.7 Å². The second-order valence-corrected chi connectivity index (χ2v) is 5.27. The average Bonchev–Trinajstić information content (AvgIpc) is 2.45. The van der Waals surface area contributed by atoms with Crippen LogP contribution in [0.4, 0.5) is 0 Å². The van der Waals surface area contributed by atoms with Crippen LogP contribution in [0.25, 0.3) is 0 Å². The molecule has 4 nitrogen and oxygen atoms in total. The molecule has 1 heterocycles. The maximum atomic E-state index is 11.8. The minimum absolute atomic E-state index is 0.129. The lowest BCUT2D eigenvalue weighted by Gasteiger charge is -2.06. The van der Waals surface area contributed by atoms with E-state index in [-0.39, 0.29) is 5.56 Å². The molecular formula is C17H23NO3. The van der Waals surface area contributed by atoms with Crippen molar-refractivity contribution in [2.75, 3.05) is 7.11 Å². The Bertz CT molecular complexity index is 605. The van der Waals surface area contributed by atoms with Gasteiger partial charge in [-0.25, -0.2) is 4.79 Å². The van der Waals surface area contributed by atoms with E-state index in [1.165, 1.54) is 41.2 Å². The minimum atomic E-state index is -0.437. The number of nitrogens with zero attached hydrogens (tertiary/aromatic N) is 1. The van der Waals surface area contributed by atoms with Crippen LogP contribution in [0, 0.1) is 0 Å². The maximum Gasteiger partial charge on any atom is 0.339 e. The van der Waals surface area contributed by atoms with E-state index in [0.29, 0.717) is 12.1 Å². The van der Waals surface area contributed by atoms with Crippen LogP contribution in [0.15, 0.2) is 46.4 Å². The first kappa shape index (κ1) is 17.0. The molecule has 114 valence electrons. The fourth-order valence-electron chi connectivity index (χ4n) is 1.86. The zero-order valence-corrected chi connectivity index (χ0v) is 13.2. The maximum absolute atomic E-state index is 11.8. The van der Waals surface area contributed by atoms with E-state index in [4.69, 9.17) is 0 Å². The molecule has 0 N–H and O–H groups in total. The molecule has 0 radical (unpaired) electrons. The van der Waals surface area contributed by atoms with Crippen LogP contribution >= 0.6 is 0 Å². The Morgan fingerprint density at radius 1 is 1.24 bits per heavy atom. The summed E-state index contributed by atoms with van der Waals surface area (Å²) in [5, 5.41) is 0. The Morgan fingerprint density at radius 2 is 1.95 bits per heavy atom. The summed E-state index contributed by atoms with van der Waals surface area (Å²) in [7, 11) is 1.32. The summed E-state index contributed by atoms with van der Waals surface area (Å²) in [5.41, 5.74) is 2.79. The number of aromatic nitrogens is 1. The minimum Gasteiger partial charge on any atom is -0.465 e. The average molecular weight is 289 g/mol. The van der Waals surface area contributed by atoms with Gasteiger partial charge in [-0.1, -0.05) is 23.3 Å². The number of pyridine rings is 1. The first-order chi connectivity index (χ1) is 9.93. The number of ether oxygens (including phenoxy) is 1. The van der Waals surface area contributed by atoms with E-state index in [2.05, 4.69) is 24.7 Å². The third kappa shape index (κ3) is 5.81. The van der Waals surface area contributed by atoms with Gasteiger partial charge < -0.3 is 9.30 Å². The highest BCUT2D eigenvalue weighted by atomic mass is 16.5. The Labute approximate surface area is 125 Å². The number of carbonyl (C=O) groups excluding carboxylic acids is 1. The summed E-state index contributed by atoms with van der Waals surface area (Å²) < 4.78 is 6.17. The number of esters is 1. The summed E-state index contributed by atoms with van der Waals surface area (Å²) in [4.78, 5) is 23.2.